The summed E-state index contributed by atoms with van der Waals surface area (Å²) in [5, 5.41) is 0.421. The monoisotopic (exact) mass is 329 g/mol. The summed E-state index contributed by atoms with van der Waals surface area (Å²) in [6.45, 7) is 0. The maximum atomic E-state index is 12.5. The predicted molar refractivity (Wildman–Crippen MR) is 79.8 cm³/mol. The molecule has 4 nitrogen and oxygen atoms in total. The van der Waals surface area contributed by atoms with Crippen molar-refractivity contribution in [1.29, 1.82) is 0 Å². The minimum Gasteiger partial charge on any atom is -0.244 e. The number of nitrogens with zero attached hydrogens (tertiary/aromatic N) is 1. The molecule has 0 radical (unpaired) electrons. The highest BCUT2D eigenvalue weighted by Crippen LogP contribution is 2.20. The van der Waals surface area contributed by atoms with Crippen molar-refractivity contribution in [3.8, 4) is 0 Å². The SMILES string of the molecule is CS(=O)(=NS(=O)(=O)c1ccc(Cl)cc1)c1ccccc1. The lowest BCUT2D eigenvalue weighted by atomic mass is 10.4. The molecule has 0 bridgehead atoms. The van der Waals surface area contributed by atoms with Crippen molar-refractivity contribution in [2.24, 2.45) is 3.77 Å². The van der Waals surface area contributed by atoms with Crippen LogP contribution in [-0.2, 0) is 19.8 Å². The third-order valence-corrected chi connectivity index (χ3v) is 6.72. The van der Waals surface area contributed by atoms with Crippen LogP contribution in [0.4, 0.5) is 0 Å². The molecule has 7 heteroatoms. The molecule has 2 aromatic carbocycles. The Kier molecular flexibility index (Phi) is 4.17. The third-order valence-electron chi connectivity index (χ3n) is 2.53. The molecule has 0 amide bonds. The molecule has 0 aliphatic carbocycles. The molecule has 0 saturated carbocycles. The zero-order valence-corrected chi connectivity index (χ0v) is 13.0. The lowest BCUT2D eigenvalue weighted by Gasteiger charge is -2.05. The van der Waals surface area contributed by atoms with Gasteiger partial charge >= 0.3 is 0 Å². The molecule has 0 spiro atoms. The molecule has 2 rings (SSSR count). The number of halogens is 1. The molecule has 1 unspecified atom stereocenters. The van der Waals surface area contributed by atoms with Crippen LogP contribution in [0.25, 0.3) is 0 Å². The van der Waals surface area contributed by atoms with Gasteiger partial charge in [-0.15, -0.1) is 3.77 Å². The highest BCUT2D eigenvalue weighted by atomic mass is 35.5. The van der Waals surface area contributed by atoms with Crippen molar-refractivity contribution in [2.75, 3.05) is 6.26 Å². The van der Waals surface area contributed by atoms with Gasteiger partial charge in [0.25, 0.3) is 10.0 Å². The van der Waals surface area contributed by atoms with E-state index in [2.05, 4.69) is 3.77 Å². The Morgan fingerprint density at radius 1 is 0.850 bits per heavy atom. The first kappa shape index (κ1) is 15.0. The van der Waals surface area contributed by atoms with Crippen LogP contribution >= 0.6 is 11.6 Å². The fraction of sp³-hybridized carbons (Fsp3) is 0.0769. The molecule has 106 valence electrons. The molecule has 2 aromatic rings. The van der Waals surface area contributed by atoms with Crippen LogP contribution in [0.2, 0.25) is 5.02 Å². The maximum Gasteiger partial charge on any atom is 0.290 e. The summed E-state index contributed by atoms with van der Waals surface area (Å²) in [7, 11) is -7.01. The number of benzene rings is 2. The Morgan fingerprint density at radius 3 is 1.95 bits per heavy atom. The first-order valence-electron chi connectivity index (χ1n) is 5.60. The first-order chi connectivity index (χ1) is 9.31. The van der Waals surface area contributed by atoms with Crippen LogP contribution in [0.5, 0.6) is 0 Å². The van der Waals surface area contributed by atoms with Gasteiger partial charge < -0.3 is 0 Å². The number of hydrogen-bond acceptors (Lipinski definition) is 3. The van der Waals surface area contributed by atoms with Crippen LogP contribution < -0.4 is 0 Å². The van der Waals surface area contributed by atoms with E-state index < -0.39 is 19.8 Å². The van der Waals surface area contributed by atoms with Crippen molar-refractivity contribution in [1.82, 2.24) is 0 Å². The standard InChI is InChI=1S/C13H12ClNO3S2/c1-19(16,12-5-3-2-4-6-12)15-20(17,18)13-9-7-11(14)8-10-13/h2-10H,1H3. The lowest BCUT2D eigenvalue weighted by Crippen LogP contribution is -2.04. The van der Waals surface area contributed by atoms with Gasteiger partial charge in [0.15, 0.2) is 0 Å². The Hall–Kier alpha value is -1.37. The first-order valence-corrected chi connectivity index (χ1v) is 9.34. The summed E-state index contributed by atoms with van der Waals surface area (Å²) in [6.07, 6.45) is 1.30. The smallest absolute Gasteiger partial charge is 0.244 e. The second-order valence-corrected chi connectivity index (χ2v) is 8.65. The molecule has 0 aliphatic rings. The maximum absolute atomic E-state index is 12.5. The van der Waals surface area contributed by atoms with E-state index in [0.717, 1.165) is 0 Å². The van der Waals surface area contributed by atoms with Gasteiger partial charge in [0.1, 0.15) is 0 Å². The second-order valence-electron chi connectivity index (χ2n) is 4.12. The summed E-state index contributed by atoms with van der Waals surface area (Å²) in [5.41, 5.74) is 0. The highest BCUT2D eigenvalue weighted by molar-refractivity contribution is 8.03. The summed E-state index contributed by atoms with van der Waals surface area (Å²) in [5.74, 6) is 0. The predicted octanol–water partition coefficient (Wildman–Crippen LogP) is 3.19. The molecule has 0 heterocycles. The largest absolute Gasteiger partial charge is 0.290 e. The topological polar surface area (TPSA) is 63.6 Å². The second kappa shape index (κ2) is 5.55. The summed E-state index contributed by atoms with van der Waals surface area (Å²) < 4.78 is 40.3. The van der Waals surface area contributed by atoms with Gasteiger partial charge in [0.2, 0.25) is 0 Å². The number of sulfonamides is 1. The molecule has 0 N–H and O–H groups in total. The Labute approximate surface area is 123 Å². The van der Waals surface area contributed by atoms with Gasteiger partial charge in [-0.05, 0) is 36.4 Å². The Bertz CT molecular complexity index is 822. The van der Waals surface area contributed by atoms with Gasteiger partial charge in [0.05, 0.1) is 14.6 Å². The van der Waals surface area contributed by atoms with E-state index in [1.54, 1.807) is 30.3 Å². The van der Waals surface area contributed by atoms with Crippen molar-refractivity contribution in [2.45, 2.75) is 9.79 Å². The highest BCUT2D eigenvalue weighted by Gasteiger charge is 2.17. The van der Waals surface area contributed by atoms with Gasteiger partial charge in [-0.1, -0.05) is 29.8 Å². The quantitative estimate of drug-likeness (QED) is 0.868. The van der Waals surface area contributed by atoms with Gasteiger partial charge in [-0.25, -0.2) is 4.21 Å². The van der Waals surface area contributed by atoms with Crippen molar-refractivity contribution in [3.05, 3.63) is 59.6 Å². The molecule has 0 aliphatic heterocycles. The lowest BCUT2D eigenvalue weighted by molar-refractivity contribution is 0.598. The fourth-order valence-electron chi connectivity index (χ4n) is 1.55. The van der Waals surface area contributed by atoms with Crippen molar-refractivity contribution in [3.63, 3.8) is 0 Å². The van der Waals surface area contributed by atoms with Crippen LogP contribution in [0, 0.1) is 0 Å². The summed E-state index contributed by atoms with van der Waals surface area (Å²) >= 11 is 5.71. The molecule has 1 atom stereocenters. The van der Waals surface area contributed by atoms with Gasteiger partial charge in [-0.3, -0.25) is 0 Å². The molecular weight excluding hydrogens is 318 g/mol. The zero-order valence-electron chi connectivity index (χ0n) is 10.6. The molecule has 0 saturated heterocycles. The Balaban J connectivity index is 2.53. The van der Waals surface area contributed by atoms with Crippen molar-refractivity contribution >= 4 is 31.4 Å². The van der Waals surface area contributed by atoms with E-state index in [0.29, 0.717) is 9.92 Å². The summed E-state index contributed by atoms with van der Waals surface area (Å²) in [6, 6.07) is 13.9. The molecular formula is C13H12ClNO3S2. The summed E-state index contributed by atoms with van der Waals surface area (Å²) in [4.78, 5) is 0.338. The molecule has 0 fully saturated rings. The average Bonchev–Trinajstić information content (AvgIpc) is 2.39. The van der Waals surface area contributed by atoms with Crippen LogP contribution in [0.15, 0.2) is 68.2 Å². The minimum atomic E-state index is -3.99. The fourth-order valence-corrected chi connectivity index (χ4v) is 5.01. The number of hydrogen-bond donors (Lipinski definition) is 0. The van der Waals surface area contributed by atoms with E-state index in [9.17, 15) is 12.6 Å². The van der Waals surface area contributed by atoms with E-state index >= 15 is 0 Å². The normalized spacial score (nSPS) is 14.5. The van der Waals surface area contributed by atoms with Gasteiger partial charge in [0, 0.05) is 16.2 Å². The van der Waals surface area contributed by atoms with E-state index in [-0.39, 0.29) is 4.90 Å². The van der Waals surface area contributed by atoms with Crippen molar-refractivity contribution < 1.29 is 12.6 Å². The van der Waals surface area contributed by atoms with Crippen LogP contribution in [-0.4, -0.2) is 18.9 Å². The van der Waals surface area contributed by atoms with E-state index in [4.69, 9.17) is 11.6 Å². The van der Waals surface area contributed by atoms with Gasteiger partial charge in [-0.2, -0.15) is 8.42 Å². The van der Waals surface area contributed by atoms with Crippen LogP contribution in [0.3, 0.4) is 0 Å². The van der Waals surface area contributed by atoms with E-state index in [1.807, 2.05) is 0 Å². The van der Waals surface area contributed by atoms with E-state index in [1.165, 1.54) is 30.5 Å². The number of rotatable bonds is 3. The molecule has 0 aromatic heterocycles. The van der Waals surface area contributed by atoms with Crippen LogP contribution in [0.1, 0.15) is 0 Å². The molecule has 20 heavy (non-hydrogen) atoms. The Morgan fingerprint density at radius 2 is 1.40 bits per heavy atom. The zero-order chi connectivity index (χ0) is 14.8. The minimum absolute atomic E-state index is 0.0348. The third kappa shape index (κ3) is 3.39. The average molecular weight is 330 g/mol.